The third-order valence-corrected chi connectivity index (χ3v) is 4.92. The fourth-order valence-corrected chi connectivity index (χ4v) is 2.98. The van der Waals surface area contributed by atoms with Gasteiger partial charge in [0.2, 0.25) is 0 Å². The highest BCUT2D eigenvalue weighted by atomic mass is 32.2. The highest BCUT2D eigenvalue weighted by Gasteiger charge is 2.26. The second-order valence-corrected chi connectivity index (χ2v) is 6.44. The van der Waals surface area contributed by atoms with Crippen LogP contribution < -0.4 is 0 Å². The summed E-state index contributed by atoms with van der Waals surface area (Å²) in [7, 11) is 0. The number of rotatable bonds is 3. The van der Waals surface area contributed by atoms with E-state index in [2.05, 4.69) is 50.2 Å². The molecule has 0 aliphatic rings. The lowest BCUT2D eigenvalue weighted by atomic mass is 9.87. The predicted molar refractivity (Wildman–Crippen MR) is 84.4 cm³/mol. The first-order chi connectivity index (χ1) is 8.60. The second-order valence-electron chi connectivity index (χ2n) is 4.69. The minimum absolute atomic E-state index is 0.100. The molecular formula is C16H16S2. The first-order valence-corrected chi connectivity index (χ1v) is 7.16. The Bertz CT molecular complexity index is 515. The van der Waals surface area contributed by atoms with Crippen LogP contribution >= 0.6 is 24.0 Å². The molecule has 0 aliphatic carbocycles. The minimum atomic E-state index is -0.100. The maximum absolute atomic E-state index is 5.62. The molecule has 0 atom stereocenters. The van der Waals surface area contributed by atoms with E-state index in [1.165, 1.54) is 10.5 Å². The maximum Gasteiger partial charge on any atom is 0.0627 e. The molecule has 0 unspecified atom stereocenters. The Balaban J connectivity index is 2.18. The quantitative estimate of drug-likeness (QED) is 0.564. The maximum atomic E-state index is 5.62. The van der Waals surface area contributed by atoms with E-state index >= 15 is 0 Å². The van der Waals surface area contributed by atoms with Crippen molar-refractivity contribution >= 4 is 28.2 Å². The van der Waals surface area contributed by atoms with E-state index < -0.39 is 0 Å². The van der Waals surface area contributed by atoms with Crippen LogP contribution in [0.4, 0.5) is 0 Å². The van der Waals surface area contributed by atoms with Crippen LogP contribution in [0, 0.1) is 0 Å². The van der Waals surface area contributed by atoms with Gasteiger partial charge < -0.3 is 0 Å². The van der Waals surface area contributed by atoms with Crippen LogP contribution in [0.5, 0.6) is 0 Å². The van der Waals surface area contributed by atoms with Gasteiger partial charge in [0.15, 0.2) is 0 Å². The number of hydrogen-bond acceptors (Lipinski definition) is 2. The summed E-state index contributed by atoms with van der Waals surface area (Å²) in [5.74, 6) is 0. The lowest BCUT2D eigenvalue weighted by Crippen LogP contribution is -2.24. The third-order valence-electron chi connectivity index (χ3n) is 2.96. The fourth-order valence-electron chi connectivity index (χ4n) is 1.70. The van der Waals surface area contributed by atoms with Crippen LogP contribution in [-0.4, -0.2) is 4.20 Å². The first-order valence-electron chi connectivity index (χ1n) is 5.93. The van der Waals surface area contributed by atoms with E-state index in [-0.39, 0.29) is 5.41 Å². The first kappa shape index (κ1) is 13.3. The van der Waals surface area contributed by atoms with Crippen molar-refractivity contribution in [2.75, 3.05) is 0 Å². The smallest absolute Gasteiger partial charge is 0.0627 e. The average Bonchev–Trinajstić information content (AvgIpc) is 2.41. The molecule has 0 heterocycles. The van der Waals surface area contributed by atoms with Gasteiger partial charge in [0.1, 0.15) is 0 Å². The highest BCUT2D eigenvalue weighted by Crippen LogP contribution is 2.33. The van der Waals surface area contributed by atoms with Crippen molar-refractivity contribution in [3.8, 4) is 0 Å². The summed E-state index contributed by atoms with van der Waals surface area (Å²) in [4.78, 5) is 1.20. The number of thioether (sulfide) groups is 1. The van der Waals surface area contributed by atoms with E-state index in [1.807, 2.05) is 24.3 Å². The average molecular weight is 272 g/mol. The van der Waals surface area contributed by atoms with Gasteiger partial charge in [-0.3, -0.25) is 0 Å². The lowest BCUT2D eigenvalue weighted by molar-refractivity contribution is 0.739. The molecule has 2 aromatic carbocycles. The van der Waals surface area contributed by atoms with Gasteiger partial charge in [0.25, 0.3) is 0 Å². The third kappa shape index (κ3) is 3.01. The van der Waals surface area contributed by atoms with E-state index in [0.717, 1.165) is 4.20 Å². The largest absolute Gasteiger partial charge is 0.0818 e. The summed E-state index contributed by atoms with van der Waals surface area (Å²) in [6, 6.07) is 20.7. The minimum Gasteiger partial charge on any atom is -0.0818 e. The summed E-state index contributed by atoms with van der Waals surface area (Å²) in [6.07, 6.45) is 0. The Kier molecular flexibility index (Phi) is 4.20. The molecule has 0 fully saturated rings. The molecular weight excluding hydrogens is 256 g/mol. The molecule has 0 N–H and O–H groups in total. The molecule has 0 spiro atoms. The van der Waals surface area contributed by atoms with Gasteiger partial charge in [-0.05, 0) is 17.7 Å². The SMILES string of the molecule is CC(C)(C(=S)Sc1ccccc1)c1ccccc1. The zero-order valence-electron chi connectivity index (χ0n) is 10.6. The van der Waals surface area contributed by atoms with Gasteiger partial charge in [-0.15, -0.1) is 0 Å². The summed E-state index contributed by atoms with van der Waals surface area (Å²) >= 11 is 7.29. The highest BCUT2D eigenvalue weighted by molar-refractivity contribution is 8.23. The van der Waals surface area contributed by atoms with Crippen molar-refractivity contribution < 1.29 is 0 Å². The van der Waals surface area contributed by atoms with Crippen molar-refractivity contribution in [1.29, 1.82) is 0 Å². The number of hydrogen-bond donors (Lipinski definition) is 0. The van der Waals surface area contributed by atoms with Crippen LogP contribution in [0.3, 0.4) is 0 Å². The van der Waals surface area contributed by atoms with E-state index in [1.54, 1.807) is 11.8 Å². The van der Waals surface area contributed by atoms with Crippen molar-refractivity contribution in [1.82, 2.24) is 0 Å². The molecule has 0 nitrogen and oxygen atoms in total. The Morgan fingerprint density at radius 2 is 1.39 bits per heavy atom. The monoisotopic (exact) mass is 272 g/mol. The number of thiocarbonyl (C=S) groups is 1. The molecule has 2 heteroatoms. The molecule has 18 heavy (non-hydrogen) atoms. The summed E-state index contributed by atoms with van der Waals surface area (Å²) in [5.41, 5.74) is 1.16. The van der Waals surface area contributed by atoms with Crippen LogP contribution in [0.2, 0.25) is 0 Å². The van der Waals surface area contributed by atoms with Crippen molar-refractivity contribution in [2.45, 2.75) is 24.2 Å². The van der Waals surface area contributed by atoms with Crippen molar-refractivity contribution in [3.05, 3.63) is 66.2 Å². The molecule has 0 radical (unpaired) electrons. The molecule has 0 saturated heterocycles. The molecule has 0 bridgehead atoms. The number of benzene rings is 2. The zero-order chi connectivity index (χ0) is 13.0. The second kappa shape index (κ2) is 5.68. The lowest BCUT2D eigenvalue weighted by Gasteiger charge is -2.25. The van der Waals surface area contributed by atoms with Gasteiger partial charge in [-0.2, -0.15) is 0 Å². The normalized spacial score (nSPS) is 11.2. The van der Waals surface area contributed by atoms with Gasteiger partial charge in [-0.1, -0.05) is 86.4 Å². The van der Waals surface area contributed by atoms with Crippen LogP contribution in [0.25, 0.3) is 0 Å². The Morgan fingerprint density at radius 1 is 0.889 bits per heavy atom. The molecule has 2 aromatic rings. The van der Waals surface area contributed by atoms with Gasteiger partial charge in [0, 0.05) is 10.3 Å². The fraction of sp³-hybridized carbons (Fsp3) is 0.188. The Labute approximate surface area is 118 Å². The van der Waals surface area contributed by atoms with Crippen LogP contribution in [0.15, 0.2) is 65.6 Å². The van der Waals surface area contributed by atoms with Crippen molar-refractivity contribution in [2.24, 2.45) is 0 Å². The molecule has 2 rings (SSSR count). The molecule has 0 aromatic heterocycles. The molecule has 0 amide bonds. The molecule has 0 aliphatic heterocycles. The van der Waals surface area contributed by atoms with E-state index in [4.69, 9.17) is 12.2 Å². The van der Waals surface area contributed by atoms with Gasteiger partial charge in [-0.25, -0.2) is 0 Å². The van der Waals surface area contributed by atoms with E-state index in [0.29, 0.717) is 0 Å². The molecule has 92 valence electrons. The predicted octanol–water partition coefficient (Wildman–Crippen LogP) is 5.08. The van der Waals surface area contributed by atoms with Crippen molar-refractivity contribution in [3.63, 3.8) is 0 Å². The van der Waals surface area contributed by atoms with Gasteiger partial charge in [0.05, 0.1) is 4.20 Å². The van der Waals surface area contributed by atoms with Crippen LogP contribution in [-0.2, 0) is 5.41 Å². The standard InChI is InChI=1S/C16H16S2/c1-16(2,13-9-5-3-6-10-13)15(17)18-14-11-7-4-8-12-14/h3-12H,1-2H3. The zero-order valence-corrected chi connectivity index (χ0v) is 12.2. The summed E-state index contributed by atoms with van der Waals surface area (Å²) < 4.78 is 1.000. The van der Waals surface area contributed by atoms with E-state index in [9.17, 15) is 0 Å². The summed E-state index contributed by atoms with van der Waals surface area (Å²) in [5, 5.41) is 0. The van der Waals surface area contributed by atoms with Crippen LogP contribution in [0.1, 0.15) is 19.4 Å². The summed E-state index contributed by atoms with van der Waals surface area (Å²) in [6.45, 7) is 4.36. The Morgan fingerprint density at radius 3 is 1.94 bits per heavy atom. The molecule has 0 saturated carbocycles. The Hall–Kier alpha value is -1.12. The topological polar surface area (TPSA) is 0 Å². The van der Waals surface area contributed by atoms with Gasteiger partial charge >= 0.3 is 0 Å².